The van der Waals surface area contributed by atoms with E-state index in [0.29, 0.717) is 28.2 Å². The van der Waals surface area contributed by atoms with E-state index < -0.39 is 5.97 Å². The van der Waals surface area contributed by atoms with Gasteiger partial charge in [-0.2, -0.15) is 0 Å². The van der Waals surface area contributed by atoms with Crippen LogP contribution in [-0.4, -0.2) is 5.97 Å². The molecule has 0 N–H and O–H groups in total. The number of carbonyl (C=O) groups is 1. The molecule has 0 radical (unpaired) electrons. The highest BCUT2D eigenvalue weighted by atomic mass is 16.5. The van der Waals surface area contributed by atoms with Crippen LogP contribution in [0.5, 0.6) is 17.2 Å². The van der Waals surface area contributed by atoms with E-state index in [-0.39, 0.29) is 23.5 Å². The fourth-order valence-electron chi connectivity index (χ4n) is 2.70. The minimum atomic E-state index is -1.40. The van der Waals surface area contributed by atoms with Crippen LogP contribution < -0.4 is 20.0 Å². The van der Waals surface area contributed by atoms with Crippen LogP contribution in [0, 0.1) is 6.92 Å². The van der Waals surface area contributed by atoms with Crippen molar-refractivity contribution in [1.29, 1.82) is 0 Å². The number of hydrogen-bond donors (Lipinski definition) is 0. The number of carbonyl (C=O) groups excluding carboxylic acids is 1. The van der Waals surface area contributed by atoms with Crippen LogP contribution in [0.4, 0.5) is 0 Å². The Morgan fingerprint density at radius 2 is 1.79 bits per heavy atom. The molecule has 7 nitrogen and oxygen atoms in total. The highest BCUT2D eigenvalue weighted by molar-refractivity contribution is 5.82. The largest absolute Gasteiger partial charge is 0.542 e. The van der Waals surface area contributed by atoms with Crippen LogP contribution in [0.2, 0.25) is 0 Å². The summed E-state index contributed by atoms with van der Waals surface area (Å²) in [5, 5.41) is 11.1. The summed E-state index contributed by atoms with van der Waals surface area (Å²) in [6.07, 6.45) is 1.26. The van der Waals surface area contributed by atoms with Crippen LogP contribution >= 0.6 is 0 Å². The molecule has 0 spiro atoms. The Hall–Kier alpha value is -4.00. The first kappa shape index (κ1) is 18.4. The van der Waals surface area contributed by atoms with Crippen molar-refractivity contribution in [3.63, 3.8) is 0 Å². The summed E-state index contributed by atoms with van der Waals surface area (Å²) in [4.78, 5) is 23.4. The molecule has 2 heterocycles. The van der Waals surface area contributed by atoms with Gasteiger partial charge >= 0.3 is 0 Å². The maximum atomic E-state index is 12.7. The van der Waals surface area contributed by atoms with Gasteiger partial charge in [-0.05, 0) is 43.3 Å². The van der Waals surface area contributed by atoms with Gasteiger partial charge in [0.2, 0.25) is 11.2 Å². The molecule has 146 valence electrons. The van der Waals surface area contributed by atoms with Crippen molar-refractivity contribution < 1.29 is 28.2 Å². The number of ether oxygens (including phenoxy) is 2. The Balaban J connectivity index is 1.52. The Morgan fingerprint density at radius 3 is 2.52 bits per heavy atom. The van der Waals surface area contributed by atoms with E-state index in [1.165, 1.54) is 18.4 Å². The summed E-state index contributed by atoms with van der Waals surface area (Å²) >= 11 is 0. The van der Waals surface area contributed by atoms with Gasteiger partial charge in [0.15, 0.2) is 0 Å². The molecule has 4 rings (SSSR count). The molecule has 0 bridgehead atoms. The van der Waals surface area contributed by atoms with Crippen molar-refractivity contribution in [2.24, 2.45) is 0 Å². The third-order valence-corrected chi connectivity index (χ3v) is 4.21. The van der Waals surface area contributed by atoms with Crippen molar-refractivity contribution >= 4 is 16.9 Å². The van der Waals surface area contributed by atoms with Crippen molar-refractivity contribution in [2.45, 2.75) is 13.5 Å². The Kier molecular flexibility index (Phi) is 4.78. The monoisotopic (exact) mass is 391 g/mol. The van der Waals surface area contributed by atoms with Gasteiger partial charge in [-0.3, -0.25) is 4.79 Å². The lowest BCUT2D eigenvalue weighted by Crippen LogP contribution is -2.21. The van der Waals surface area contributed by atoms with E-state index in [4.69, 9.17) is 18.3 Å². The highest BCUT2D eigenvalue weighted by Gasteiger charge is 2.11. The van der Waals surface area contributed by atoms with E-state index in [1.54, 1.807) is 30.3 Å². The number of furan rings is 1. The number of fused-ring (bicyclic) bond motifs is 1. The molecule has 0 aliphatic rings. The average Bonchev–Trinajstić information content (AvgIpc) is 3.20. The summed E-state index contributed by atoms with van der Waals surface area (Å²) in [7, 11) is 0. The smallest absolute Gasteiger partial charge is 0.235 e. The van der Waals surface area contributed by atoms with Gasteiger partial charge in [-0.15, -0.1) is 0 Å². The molecule has 0 saturated carbocycles. The molecule has 29 heavy (non-hydrogen) atoms. The van der Waals surface area contributed by atoms with Gasteiger partial charge < -0.3 is 28.2 Å². The Morgan fingerprint density at radius 1 is 1.03 bits per heavy atom. The van der Waals surface area contributed by atoms with Gasteiger partial charge in [-0.1, -0.05) is 17.7 Å². The highest BCUT2D eigenvalue weighted by Crippen LogP contribution is 2.25. The first-order valence-electron chi connectivity index (χ1n) is 8.72. The number of benzene rings is 2. The predicted molar refractivity (Wildman–Crippen MR) is 101 cm³/mol. The van der Waals surface area contributed by atoms with Crippen molar-refractivity contribution in [1.82, 2.24) is 0 Å². The normalized spacial score (nSPS) is 10.8. The summed E-state index contributed by atoms with van der Waals surface area (Å²) in [6.45, 7) is 1.97. The van der Waals surface area contributed by atoms with Gasteiger partial charge in [-0.25, -0.2) is 0 Å². The van der Waals surface area contributed by atoms with Crippen LogP contribution in [0.25, 0.3) is 11.0 Å². The maximum absolute atomic E-state index is 12.7. The number of hydrogen-bond acceptors (Lipinski definition) is 7. The van der Waals surface area contributed by atoms with Gasteiger partial charge in [0, 0.05) is 6.07 Å². The Labute approximate surface area is 164 Å². The summed E-state index contributed by atoms with van der Waals surface area (Å²) in [6, 6.07) is 14.9. The summed E-state index contributed by atoms with van der Waals surface area (Å²) in [5.74, 6) is -0.287. The average molecular weight is 391 g/mol. The zero-order chi connectivity index (χ0) is 20.4. The van der Waals surface area contributed by atoms with E-state index in [0.717, 1.165) is 5.56 Å². The topological polar surface area (TPSA) is 102 Å². The maximum Gasteiger partial charge on any atom is 0.235 e. The molecule has 0 fully saturated rings. The molecule has 0 aliphatic heterocycles. The lowest BCUT2D eigenvalue weighted by Gasteiger charge is -2.08. The molecule has 0 saturated heterocycles. The molecule has 2 aromatic carbocycles. The summed E-state index contributed by atoms with van der Waals surface area (Å²) < 4.78 is 21.8. The lowest BCUT2D eigenvalue weighted by molar-refractivity contribution is -0.257. The lowest BCUT2D eigenvalue weighted by atomic mass is 10.2. The Bertz CT molecular complexity index is 1230. The fourth-order valence-corrected chi connectivity index (χ4v) is 2.70. The third kappa shape index (κ3) is 3.98. The number of rotatable bonds is 6. The number of aromatic carboxylic acids is 1. The minimum absolute atomic E-state index is 0.0115. The van der Waals surface area contributed by atoms with Crippen molar-refractivity contribution in [2.75, 3.05) is 0 Å². The molecule has 4 aromatic rings. The molecule has 7 heteroatoms. The van der Waals surface area contributed by atoms with E-state index in [2.05, 4.69) is 0 Å². The predicted octanol–water partition coefficient (Wildman–Crippen LogP) is 3.43. The van der Waals surface area contributed by atoms with Crippen LogP contribution in [0.3, 0.4) is 0 Å². The van der Waals surface area contributed by atoms with Crippen LogP contribution in [0.1, 0.15) is 21.9 Å². The first-order valence-corrected chi connectivity index (χ1v) is 8.72. The molecule has 0 aliphatic carbocycles. The molecule has 0 atom stereocenters. The second kappa shape index (κ2) is 7.55. The summed E-state index contributed by atoms with van der Waals surface area (Å²) in [5.41, 5.74) is 1.11. The second-order valence-corrected chi connectivity index (χ2v) is 6.34. The molecule has 2 aromatic heterocycles. The van der Waals surface area contributed by atoms with E-state index in [1.807, 2.05) is 19.1 Å². The number of carboxylic acids is 1. The molecular weight excluding hydrogens is 376 g/mol. The second-order valence-electron chi connectivity index (χ2n) is 6.34. The van der Waals surface area contributed by atoms with E-state index >= 15 is 0 Å². The minimum Gasteiger partial charge on any atom is -0.542 e. The van der Waals surface area contributed by atoms with Crippen LogP contribution in [-0.2, 0) is 6.61 Å². The van der Waals surface area contributed by atoms with E-state index in [9.17, 15) is 14.7 Å². The van der Waals surface area contributed by atoms with Gasteiger partial charge in [0.1, 0.15) is 47.4 Å². The fraction of sp³-hybridized carbons (Fsp3) is 0.0909. The zero-order valence-electron chi connectivity index (χ0n) is 15.3. The van der Waals surface area contributed by atoms with Crippen molar-refractivity contribution in [3.8, 4) is 17.2 Å². The quantitative estimate of drug-likeness (QED) is 0.496. The number of carboxylic acid groups (broad SMARTS) is 1. The molecular formula is C22H15O7-. The first-order chi connectivity index (χ1) is 14.0. The molecule has 0 unspecified atom stereocenters. The van der Waals surface area contributed by atoms with Gasteiger partial charge in [0.25, 0.3) is 0 Å². The zero-order valence-corrected chi connectivity index (χ0v) is 15.3. The SMILES string of the molecule is Cc1ccc(Oc2coc3cc(OCc4ccc(C(=O)[O-])o4)ccc3c2=O)cc1. The third-order valence-electron chi connectivity index (χ3n) is 4.21. The number of aryl methyl sites for hydroxylation is 1. The molecule has 0 amide bonds. The standard InChI is InChI=1S/C22H16O7/c1-13-2-4-14(5-3-13)28-20-12-27-19-10-15(6-8-17(19)21(20)23)26-11-16-7-9-18(29-16)22(24)25/h2-10,12H,11H2,1H3,(H,24,25)/p-1. The van der Waals surface area contributed by atoms with Crippen molar-refractivity contribution in [3.05, 3.63) is 88.2 Å². The van der Waals surface area contributed by atoms with Gasteiger partial charge in [0.05, 0.1) is 5.39 Å². The van der Waals surface area contributed by atoms with Crippen LogP contribution in [0.15, 0.2) is 74.5 Å².